The molecule has 1 aromatic heterocycles. The first-order valence-corrected chi connectivity index (χ1v) is 9.10. The zero-order valence-electron chi connectivity index (χ0n) is 15.2. The molecule has 2 aromatic carbocycles. The van der Waals surface area contributed by atoms with Gasteiger partial charge in [-0.05, 0) is 29.8 Å². The lowest BCUT2D eigenvalue weighted by Crippen LogP contribution is -2.39. The van der Waals surface area contributed by atoms with Gasteiger partial charge in [0.2, 0.25) is 0 Å². The van der Waals surface area contributed by atoms with E-state index in [9.17, 15) is 9.18 Å². The number of rotatable bonds is 4. The van der Waals surface area contributed by atoms with Gasteiger partial charge in [0, 0.05) is 13.1 Å². The van der Waals surface area contributed by atoms with Gasteiger partial charge in [-0.2, -0.15) is 5.26 Å². The van der Waals surface area contributed by atoms with Crippen LogP contribution in [0.25, 0.3) is 10.9 Å². The van der Waals surface area contributed by atoms with Gasteiger partial charge >= 0.3 is 0 Å². The molecule has 1 saturated heterocycles. The Hall–Kier alpha value is -3.08. The third-order valence-electron chi connectivity index (χ3n) is 4.93. The maximum Gasteiger partial charge on any atom is 0.262 e. The van der Waals surface area contributed by atoms with Gasteiger partial charge in [0.25, 0.3) is 5.56 Å². The molecule has 0 N–H and O–H groups in total. The maximum atomic E-state index is 13.2. The summed E-state index contributed by atoms with van der Waals surface area (Å²) in [4.78, 5) is 19.6. The van der Waals surface area contributed by atoms with Gasteiger partial charge in [-0.15, -0.1) is 0 Å². The second-order valence-corrected chi connectivity index (χ2v) is 6.74. The molecule has 1 atom stereocenters. The Morgan fingerprint density at radius 3 is 2.79 bits per heavy atom. The first-order valence-electron chi connectivity index (χ1n) is 9.10. The molecule has 0 saturated carbocycles. The van der Waals surface area contributed by atoms with E-state index in [1.165, 1.54) is 16.7 Å². The molecule has 1 fully saturated rings. The Kier molecular flexibility index (Phi) is 5.15. The largest absolute Gasteiger partial charge is 0.371 e. The summed E-state index contributed by atoms with van der Waals surface area (Å²) in [6, 6.07) is 15.5. The van der Waals surface area contributed by atoms with E-state index >= 15 is 0 Å². The van der Waals surface area contributed by atoms with Crippen molar-refractivity contribution in [1.82, 2.24) is 14.5 Å². The highest BCUT2D eigenvalue weighted by Gasteiger charge is 2.24. The number of ether oxygens (including phenoxy) is 1. The molecule has 0 aliphatic carbocycles. The summed E-state index contributed by atoms with van der Waals surface area (Å²) in [6.07, 6.45) is -0.175. The average molecular weight is 378 g/mol. The van der Waals surface area contributed by atoms with Gasteiger partial charge in [0.1, 0.15) is 18.2 Å². The van der Waals surface area contributed by atoms with Crippen LogP contribution in [-0.2, 0) is 17.8 Å². The minimum atomic E-state index is -0.280. The summed E-state index contributed by atoms with van der Waals surface area (Å²) < 4.78 is 20.5. The molecule has 0 bridgehead atoms. The first kappa shape index (κ1) is 18.3. The second-order valence-electron chi connectivity index (χ2n) is 6.74. The normalized spacial score (nSPS) is 17.5. The number of benzene rings is 2. The quantitative estimate of drug-likeness (QED) is 0.698. The van der Waals surface area contributed by atoms with Crippen LogP contribution in [0.15, 0.2) is 53.3 Å². The fourth-order valence-electron chi connectivity index (χ4n) is 3.49. The molecule has 0 unspecified atom stereocenters. The lowest BCUT2D eigenvalue weighted by molar-refractivity contribution is -0.0340. The summed E-state index contributed by atoms with van der Waals surface area (Å²) in [7, 11) is 0. The van der Waals surface area contributed by atoms with E-state index in [1.54, 1.807) is 30.3 Å². The minimum absolute atomic E-state index is 0.0439. The second kappa shape index (κ2) is 7.89. The van der Waals surface area contributed by atoms with Gasteiger partial charge in [0.15, 0.2) is 0 Å². The topological polar surface area (TPSA) is 71.2 Å². The van der Waals surface area contributed by atoms with Crippen LogP contribution in [0.3, 0.4) is 0 Å². The van der Waals surface area contributed by atoms with Gasteiger partial charge in [-0.25, -0.2) is 9.37 Å². The molecule has 1 aliphatic heterocycles. The van der Waals surface area contributed by atoms with Crippen LogP contribution in [0, 0.1) is 17.1 Å². The lowest BCUT2D eigenvalue weighted by atomic mass is 10.1. The van der Waals surface area contributed by atoms with E-state index in [2.05, 4.69) is 16.0 Å². The Bertz CT molecular complexity index is 1090. The number of hydrogen-bond donors (Lipinski definition) is 0. The van der Waals surface area contributed by atoms with E-state index in [-0.39, 0.29) is 24.0 Å². The summed E-state index contributed by atoms with van der Waals surface area (Å²) in [5.41, 5.74) is 1.33. The molecule has 0 spiro atoms. The first-order chi connectivity index (χ1) is 13.7. The number of para-hydroxylation sites is 1. The Morgan fingerprint density at radius 1 is 1.21 bits per heavy atom. The number of aromatic nitrogens is 2. The molecule has 3 aromatic rings. The van der Waals surface area contributed by atoms with Gasteiger partial charge < -0.3 is 4.74 Å². The maximum absolute atomic E-state index is 13.2. The van der Waals surface area contributed by atoms with Gasteiger partial charge in [0.05, 0.1) is 36.2 Å². The molecular formula is C21H19FN4O2. The Morgan fingerprint density at radius 2 is 2.00 bits per heavy atom. The van der Waals surface area contributed by atoms with Crippen LogP contribution in [0.2, 0.25) is 0 Å². The minimum Gasteiger partial charge on any atom is -0.371 e. The summed E-state index contributed by atoms with van der Waals surface area (Å²) in [6.45, 7) is 2.20. The van der Waals surface area contributed by atoms with Crippen molar-refractivity contribution in [2.24, 2.45) is 0 Å². The van der Waals surface area contributed by atoms with Crippen molar-refractivity contribution in [1.29, 1.82) is 5.26 Å². The highest BCUT2D eigenvalue weighted by molar-refractivity contribution is 5.77. The molecular weight excluding hydrogens is 359 g/mol. The predicted molar refractivity (Wildman–Crippen MR) is 102 cm³/mol. The summed E-state index contributed by atoms with van der Waals surface area (Å²) in [5, 5.41) is 9.67. The van der Waals surface area contributed by atoms with Crippen molar-refractivity contribution in [2.75, 3.05) is 19.7 Å². The van der Waals surface area contributed by atoms with E-state index in [0.717, 1.165) is 5.56 Å². The number of morpholine rings is 1. The van der Waals surface area contributed by atoms with E-state index < -0.39 is 0 Å². The molecule has 0 amide bonds. The molecule has 142 valence electrons. The van der Waals surface area contributed by atoms with Crippen molar-refractivity contribution >= 4 is 10.9 Å². The van der Waals surface area contributed by atoms with E-state index in [1.807, 2.05) is 6.07 Å². The fraction of sp³-hybridized carbons (Fsp3) is 0.286. The Balaban J connectivity index is 1.62. The zero-order chi connectivity index (χ0) is 19.5. The average Bonchev–Trinajstić information content (AvgIpc) is 2.72. The van der Waals surface area contributed by atoms with Crippen molar-refractivity contribution in [3.05, 3.63) is 76.1 Å². The van der Waals surface area contributed by atoms with Gasteiger partial charge in [-0.1, -0.05) is 24.3 Å². The Labute approximate surface area is 161 Å². The molecule has 0 radical (unpaired) electrons. The summed E-state index contributed by atoms with van der Waals surface area (Å²) >= 11 is 0. The summed E-state index contributed by atoms with van der Waals surface area (Å²) in [5.74, 6) is 0.280. The van der Waals surface area contributed by atoms with Crippen LogP contribution in [0.4, 0.5) is 4.39 Å². The van der Waals surface area contributed by atoms with Crippen LogP contribution >= 0.6 is 0 Å². The van der Waals surface area contributed by atoms with Crippen molar-refractivity contribution < 1.29 is 9.13 Å². The monoisotopic (exact) mass is 378 g/mol. The molecule has 1 aliphatic rings. The third-order valence-corrected chi connectivity index (χ3v) is 4.93. The number of halogens is 1. The molecule has 6 nitrogen and oxygen atoms in total. The van der Waals surface area contributed by atoms with Crippen molar-refractivity contribution in [3.63, 3.8) is 0 Å². The molecule has 28 heavy (non-hydrogen) atoms. The van der Waals surface area contributed by atoms with Crippen molar-refractivity contribution in [2.45, 2.75) is 19.2 Å². The lowest BCUT2D eigenvalue weighted by Gasteiger charge is -2.33. The highest BCUT2D eigenvalue weighted by Crippen LogP contribution is 2.23. The zero-order valence-corrected chi connectivity index (χ0v) is 15.2. The predicted octanol–water partition coefficient (Wildman–Crippen LogP) is 2.63. The standard InChI is InChI=1S/C21H19FN4O2/c22-16-7-5-15(6-8-16)19-13-25(11-12-28-19)14-20-24-18-4-2-1-3-17(18)21(27)26(20)10-9-23/h1-8,19H,10-14H2/t19-/m0/s1. The number of nitriles is 1. The molecule has 4 rings (SSSR count). The molecule has 7 heteroatoms. The number of hydrogen-bond acceptors (Lipinski definition) is 5. The third kappa shape index (κ3) is 3.65. The molecule has 2 heterocycles. The highest BCUT2D eigenvalue weighted by atomic mass is 19.1. The smallest absolute Gasteiger partial charge is 0.262 e. The number of nitrogens with zero attached hydrogens (tertiary/aromatic N) is 4. The number of fused-ring (bicyclic) bond motifs is 1. The van der Waals surface area contributed by atoms with Crippen LogP contribution in [0.1, 0.15) is 17.5 Å². The van der Waals surface area contributed by atoms with E-state index in [4.69, 9.17) is 10.00 Å². The van der Waals surface area contributed by atoms with E-state index in [0.29, 0.717) is 43.0 Å². The fourth-order valence-corrected chi connectivity index (χ4v) is 3.49. The SMILES string of the molecule is N#CCn1c(CN2CCO[C@H](c3ccc(F)cc3)C2)nc2ccccc2c1=O. The van der Waals surface area contributed by atoms with Crippen LogP contribution in [-0.4, -0.2) is 34.1 Å². The van der Waals surface area contributed by atoms with Gasteiger partial charge in [-0.3, -0.25) is 14.3 Å². The van der Waals surface area contributed by atoms with Crippen LogP contribution in [0.5, 0.6) is 0 Å². The van der Waals surface area contributed by atoms with Crippen LogP contribution < -0.4 is 5.56 Å². The van der Waals surface area contributed by atoms with Crippen molar-refractivity contribution in [3.8, 4) is 6.07 Å².